The van der Waals surface area contributed by atoms with Gasteiger partial charge in [0, 0.05) is 19.4 Å². The molecule has 0 spiro atoms. The lowest BCUT2D eigenvalue weighted by Gasteiger charge is -2.12. The minimum absolute atomic E-state index is 0.0633. The fraction of sp³-hybridized carbons (Fsp3) is 0.455. The van der Waals surface area contributed by atoms with Crippen LogP contribution in [0.1, 0.15) is 18.4 Å². The predicted octanol–water partition coefficient (Wildman–Crippen LogP) is 2.09. The van der Waals surface area contributed by atoms with Crippen molar-refractivity contribution in [3.8, 4) is 0 Å². The molecule has 102 valence electrons. The summed E-state index contributed by atoms with van der Waals surface area (Å²) in [7, 11) is 1.91. The summed E-state index contributed by atoms with van der Waals surface area (Å²) in [5.41, 5.74) is 0. The highest BCUT2D eigenvalue weighted by Gasteiger charge is 2.21. The first-order valence-electron chi connectivity index (χ1n) is 5.85. The van der Waals surface area contributed by atoms with Crippen LogP contribution in [0.3, 0.4) is 0 Å². The molecule has 2 aromatic rings. The van der Waals surface area contributed by atoms with Crippen LogP contribution < -0.4 is 5.32 Å². The molecule has 0 radical (unpaired) electrons. The maximum absolute atomic E-state index is 12.2. The Hall–Kier alpha value is -1.41. The van der Waals surface area contributed by atoms with Crippen LogP contribution in [-0.2, 0) is 11.8 Å². The molecule has 8 heteroatoms. The zero-order chi connectivity index (χ0) is 13.8. The number of carbonyl (C=O) groups is 1. The van der Waals surface area contributed by atoms with Crippen LogP contribution in [0.25, 0.3) is 0 Å². The number of aryl methyl sites for hydroxylation is 2. The molecule has 2 rings (SSSR count). The largest absolute Gasteiger partial charge is 0.329 e. The van der Waals surface area contributed by atoms with Crippen molar-refractivity contribution in [3.05, 3.63) is 17.4 Å². The predicted molar refractivity (Wildman–Crippen MR) is 76.4 cm³/mol. The first-order valence-corrected chi connectivity index (χ1v) is 7.54. The Morgan fingerprint density at radius 2 is 2.37 bits per heavy atom. The fourth-order valence-electron chi connectivity index (χ4n) is 1.45. The summed E-state index contributed by atoms with van der Waals surface area (Å²) in [5, 5.41) is 12.6. The van der Waals surface area contributed by atoms with Gasteiger partial charge in [0.15, 0.2) is 5.16 Å². The normalized spacial score (nSPS) is 12.4. The molecule has 1 atom stereocenters. The number of thioether (sulfide) groups is 1. The topological polar surface area (TPSA) is 72.7 Å². The number of hydrogen-bond acceptors (Lipinski definition) is 6. The van der Waals surface area contributed by atoms with Gasteiger partial charge in [0.25, 0.3) is 0 Å². The van der Waals surface area contributed by atoms with Gasteiger partial charge < -0.3 is 4.57 Å². The minimum atomic E-state index is -0.190. The van der Waals surface area contributed by atoms with Gasteiger partial charge in [0.05, 0.1) is 5.25 Å². The summed E-state index contributed by atoms with van der Waals surface area (Å²) >= 11 is 2.82. The monoisotopic (exact) mass is 297 g/mol. The van der Waals surface area contributed by atoms with E-state index in [1.165, 1.54) is 23.1 Å². The number of rotatable bonds is 5. The van der Waals surface area contributed by atoms with Gasteiger partial charge in [-0.2, -0.15) is 0 Å². The molecule has 0 fully saturated rings. The molecular formula is C11H15N5OS2. The van der Waals surface area contributed by atoms with E-state index < -0.39 is 0 Å². The van der Waals surface area contributed by atoms with Crippen LogP contribution >= 0.6 is 23.1 Å². The lowest BCUT2D eigenvalue weighted by molar-refractivity contribution is -0.115. The van der Waals surface area contributed by atoms with Crippen molar-refractivity contribution in [2.45, 2.75) is 30.7 Å². The standard InChI is InChI=1S/C11H15N5OS2/c1-4-8(19-11-12-5-6-16(11)3)9(17)13-10-15-14-7(2)18-10/h5-6,8H,4H2,1-3H3,(H,13,15,17)/t8-/m1/s1. The second-order valence-electron chi connectivity index (χ2n) is 3.95. The quantitative estimate of drug-likeness (QED) is 0.856. The molecule has 0 aliphatic heterocycles. The van der Waals surface area contributed by atoms with E-state index in [9.17, 15) is 4.79 Å². The van der Waals surface area contributed by atoms with Crippen LogP contribution in [0.2, 0.25) is 0 Å². The molecule has 6 nitrogen and oxygen atoms in total. The Bertz CT molecular complexity index is 565. The van der Waals surface area contributed by atoms with Crippen molar-refractivity contribution < 1.29 is 4.79 Å². The van der Waals surface area contributed by atoms with E-state index in [2.05, 4.69) is 20.5 Å². The van der Waals surface area contributed by atoms with Crippen LogP contribution in [0.15, 0.2) is 17.6 Å². The molecule has 1 N–H and O–H groups in total. The number of hydrogen-bond donors (Lipinski definition) is 1. The molecule has 2 aromatic heterocycles. The first kappa shape index (κ1) is 14.0. The van der Waals surface area contributed by atoms with Crippen molar-refractivity contribution >= 4 is 34.1 Å². The van der Waals surface area contributed by atoms with Crippen molar-refractivity contribution in [1.82, 2.24) is 19.7 Å². The summed E-state index contributed by atoms with van der Waals surface area (Å²) in [5.74, 6) is -0.0633. The van der Waals surface area contributed by atoms with E-state index >= 15 is 0 Å². The smallest absolute Gasteiger partial charge is 0.239 e. The van der Waals surface area contributed by atoms with E-state index in [0.29, 0.717) is 5.13 Å². The molecule has 2 heterocycles. The SMILES string of the molecule is CC[C@@H](Sc1nccn1C)C(=O)Nc1nnc(C)s1. The van der Waals surface area contributed by atoms with E-state index in [4.69, 9.17) is 0 Å². The van der Waals surface area contributed by atoms with E-state index in [-0.39, 0.29) is 11.2 Å². The second kappa shape index (κ2) is 6.16. The Morgan fingerprint density at radius 1 is 1.58 bits per heavy atom. The molecule has 0 aliphatic carbocycles. The number of aromatic nitrogens is 4. The van der Waals surface area contributed by atoms with Gasteiger partial charge in [-0.05, 0) is 13.3 Å². The third kappa shape index (κ3) is 3.54. The molecule has 0 unspecified atom stereocenters. The van der Waals surface area contributed by atoms with Gasteiger partial charge >= 0.3 is 0 Å². The van der Waals surface area contributed by atoms with Crippen LogP contribution in [-0.4, -0.2) is 30.9 Å². The minimum Gasteiger partial charge on any atom is -0.329 e. The Kier molecular flexibility index (Phi) is 4.54. The molecule has 0 aliphatic rings. The summed E-state index contributed by atoms with van der Waals surface area (Å²) in [4.78, 5) is 16.4. The number of anilines is 1. The summed E-state index contributed by atoms with van der Waals surface area (Å²) in [6, 6.07) is 0. The fourth-order valence-corrected chi connectivity index (χ4v) is 2.98. The summed E-state index contributed by atoms with van der Waals surface area (Å²) < 4.78 is 1.90. The van der Waals surface area contributed by atoms with E-state index in [1.807, 2.05) is 31.7 Å². The molecule has 1 amide bonds. The molecule has 0 bridgehead atoms. The maximum Gasteiger partial charge on any atom is 0.239 e. The van der Waals surface area contributed by atoms with Crippen molar-refractivity contribution in [2.75, 3.05) is 5.32 Å². The highest BCUT2D eigenvalue weighted by atomic mass is 32.2. The third-order valence-electron chi connectivity index (χ3n) is 2.44. The maximum atomic E-state index is 12.2. The molecule has 19 heavy (non-hydrogen) atoms. The zero-order valence-corrected chi connectivity index (χ0v) is 12.6. The summed E-state index contributed by atoms with van der Waals surface area (Å²) in [6.07, 6.45) is 4.31. The lowest BCUT2D eigenvalue weighted by atomic mass is 10.3. The number of nitrogens with one attached hydrogen (secondary N) is 1. The van der Waals surface area contributed by atoms with Crippen LogP contribution in [0, 0.1) is 6.92 Å². The lowest BCUT2D eigenvalue weighted by Crippen LogP contribution is -2.24. The molecule has 0 saturated carbocycles. The highest BCUT2D eigenvalue weighted by molar-refractivity contribution is 8.00. The van der Waals surface area contributed by atoms with Crippen LogP contribution in [0.4, 0.5) is 5.13 Å². The molecule has 0 aromatic carbocycles. The average Bonchev–Trinajstić information content (AvgIpc) is 2.95. The van der Waals surface area contributed by atoms with Gasteiger partial charge in [0.2, 0.25) is 11.0 Å². The Balaban J connectivity index is 2.01. The Labute approximate surface area is 119 Å². The highest BCUT2D eigenvalue weighted by Crippen LogP contribution is 2.25. The number of carbonyl (C=O) groups excluding carboxylic acids is 1. The Morgan fingerprint density at radius 3 is 2.89 bits per heavy atom. The average molecular weight is 297 g/mol. The van der Waals surface area contributed by atoms with Crippen LogP contribution in [0.5, 0.6) is 0 Å². The zero-order valence-electron chi connectivity index (χ0n) is 11.0. The number of nitrogens with zero attached hydrogens (tertiary/aromatic N) is 4. The van der Waals surface area contributed by atoms with Crippen molar-refractivity contribution in [3.63, 3.8) is 0 Å². The second-order valence-corrected chi connectivity index (χ2v) is 6.30. The van der Waals surface area contributed by atoms with Gasteiger partial charge in [-0.15, -0.1) is 10.2 Å². The third-order valence-corrected chi connectivity index (χ3v) is 4.63. The van der Waals surface area contributed by atoms with Gasteiger partial charge in [-0.3, -0.25) is 10.1 Å². The molecular weight excluding hydrogens is 282 g/mol. The van der Waals surface area contributed by atoms with Gasteiger partial charge in [-0.1, -0.05) is 30.0 Å². The summed E-state index contributed by atoms with van der Waals surface area (Å²) in [6.45, 7) is 3.83. The van der Waals surface area contributed by atoms with Gasteiger partial charge in [-0.25, -0.2) is 4.98 Å². The van der Waals surface area contributed by atoms with E-state index in [0.717, 1.165) is 16.6 Å². The first-order chi connectivity index (χ1) is 9.10. The van der Waals surface area contributed by atoms with Crippen molar-refractivity contribution in [2.24, 2.45) is 7.05 Å². The van der Waals surface area contributed by atoms with E-state index in [1.54, 1.807) is 6.20 Å². The van der Waals surface area contributed by atoms with Gasteiger partial charge in [0.1, 0.15) is 5.01 Å². The number of amides is 1. The number of imidazole rings is 1. The van der Waals surface area contributed by atoms with Crippen molar-refractivity contribution in [1.29, 1.82) is 0 Å². The molecule has 0 saturated heterocycles.